The van der Waals surface area contributed by atoms with E-state index in [1.165, 1.54) is 12.1 Å². The minimum absolute atomic E-state index is 0.282. The number of hydrogen-bond donors (Lipinski definition) is 3. The molecular weight excluding hydrogens is 223 g/mol. The average Bonchev–Trinajstić information content (AvgIpc) is 2.22. The first-order valence-corrected chi connectivity index (χ1v) is 5.45. The molecule has 0 bridgehead atoms. The highest BCUT2D eigenvalue weighted by Crippen LogP contribution is 2.19. The van der Waals surface area contributed by atoms with Crippen LogP contribution in [0, 0.1) is 11.7 Å². The minimum atomic E-state index is -0.778. The van der Waals surface area contributed by atoms with Gasteiger partial charge in [-0.1, -0.05) is 13.8 Å². The van der Waals surface area contributed by atoms with E-state index in [1.807, 2.05) is 13.8 Å². The number of phenols is 1. The van der Waals surface area contributed by atoms with Crippen LogP contribution in [0.4, 0.5) is 10.1 Å². The molecule has 0 aromatic heterocycles. The van der Waals surface area contributed by atoms with Crippen molar-refractivity contribution in [2.24, 2.45) is 11.7 Å². The van der Waals surface area contributed by atoms with Crippen LogP contribution in [0.2, 0.25) is 0 Å². The molecule has 0 aliphatic heterocycles. The lowest BCUT2D eigenvalue weighted by atomic mass is 10.0. The van der Waals surface area contributed by atoms with Gasteiger partial charge in [0.05, 0.1) is 6.04 Å². The van der Waals surface area contributed by atoms with Crippen LogP contribution in [0.3, 0.4) is 0 Å². The number of hydrogen-bond acceptors (Lipinski definition) is 3. The lowest BCUT2D eigenvalue weighted by Gasteiger charge is -2.14. The lowest BCUT2D eigenvalue weighted by molar-refractivity contribution is -0.117. The summed E-state index contributed by atoms with van der Waals surface area (Å²) < 4.78 is 13.0. The number of carbonyl (C=O) groups excluding carboxylic acids is 1. The van der Waals surface area contributed by atoms with E-state index in [1.54, 1.807) is 0 Å². The normalized spacial score (nSPS) is 12.5. The first-order chi connectivity index (χ1) is 7.90. The number of anilines is 1. The molecule has 1 aromatic carbocycles. The Morgan fingerprint density at radius 3 is 2.71 bits per heavy atom. The fourth-order valence-electron chi connectivity index (χ4n) is 1.43. The average molecular weight is 240 g/mol. The summed E-state index contributed by atoms with van der Waals surface area (Å²) in [6.07, 6.45) is 0.562. The number of carbonyl (C=O) groups is 1. The van der Waals surface area contributed by atoms with Crippen molar-refractivity contribution in [3.05, 3.63) is 24.0 Å². The second kappa shape index (κ2) is 5.63. The maximum atomic E-state index is 13.0. The van der Waals surface area contributed by atoms with Crippen molar-refractivity contribution in [3.63, 3.8) is 0 Å². The van der Waals surface area contributed by atoms with Gasteiger partial charge in [0.25, 0.3) is 0 Å². The number of rotatable bonds is 4. The van der Waals surface area contributed by atoms with Crippen molar-refractivity contribution >= 4 is 11.6 Å². The van der Waals surface area contributed by atoms with E-state index in [9.17, 15) is 9.18 Å². The smallest absolute Gasteiger partial charge is 0.241 e. The molecule has 0 aliphatic carbocycles. The first-order valence-electron chi connectivity index (χ1n) is 5.45. The van der Waals surface area contributed by atoms with Crippen molar-refractivity contribution in [1.29, 1.82) is 0 Å². The van der Waals surface area contributed by atoms with Crippen LogP contribution in [0.5, 0.6) is 5.75 Å². The zero-order valence-electron chi connectivity index (χ0n) is 9.90. The van der Waals surface area contributed by atoms with E-state index in [2.05, 4.69) is 5.32 Å². The Kier molecular flexibility index (Phi) is 4.45. The Morgan fingerprint density at radius 1 is 1.53 bits per heavy atom. The van der Waals surface area contributed by atoms with Crippen LogP contribution in [0.25, 0.3) is 0 Å². The Morgan fingerprint density at radius 2 is 2.18 bits per heavy atom. The van der Waals surface area contributed by atoms with Gasteiger partial charge < -0.3 is 16.2 Å². The molecule has 0 saturated heterocycles. The zero-order chi connectivity index (χ0) is 13.0. The van der Waals surface area contributed by atoms with Crippen molar-refractivity contribution < 1.29 is 14.3 Å². The summed E-state index contributed by atoms with van der Waals surface area (Å²) in [4.78, 5) is 11.6. The molecule has 0 fully saturated rings. The summed E-state index contributed by atoms with van der Waals surface area (Å²) >= 11 is 0. The molecule has 94 valence electrons. The Hall–Kier alpha value is -1.62. The Balaban J connectivity index is 2.64. The third kappa shape index (κ3) is 4.03. The Bertz CT molecular complexity index is 407. The zero-order valence-corrected chi connectivity index (χ0v) is 9.90. The van der Waals surface area contributed by atoms with Crippen LogP contribution < -0.4 is 11.1 Å². The molecule has 0 aliphatic rings. The molecule has 4 nitrogen and oxygen atoms in total. The molecule has 0 radical (unpaired) electrons. The molecule has 0 unspecified atom stereocenters. The maximum Gasteiger partial charge on any atom is 0.241 e. The molecule has 1 atom stereocenters. The monoisotopic (exact) mass is 240 g/mol. The summed E-state index contributed by atoms with van der Waals surface area (Å²) in [6.45, 7) is 3.93. The van der Waals surface area contributed by atoms with Crippen molar-refractivity contribution in [2.45, 2.75) is 26.3 Å². The highest BCUT2D eigenvalue weighted by molar-refractivity contribution is 5.94. The van der Waals surface area contributed by atoms with E-state index >= 15 is 0 Å². The second-order valence-corrected chi connectivity index (χ2v) is 4.39. The summed E-state index contributed by atoms with van der Waals surface area (Å²) in [5.74, 6) is -1.27. The third-order valence-corrected chi connectivity index (χ3v) is 2.28. The van der Waals surface area contributed by atoms with Gasteiger partial charge in [-0.15, -0.1) is 0 Å². The summed E-state index contributed by atoms with van der Waals surface area (Å²) in [7, 11) is 0. The number of nitrogens with two attached hydrogens (primary N) is 1. The molecule has 0 saturated carbocycles. The second-order valence-electron chi connectivity index (χ2n) is 4.39. The number of aromatic hydroxyl groups is 1. The highest BCUT2D eigenvalue weighted by atomic mass is 19.1. The van der Waals surface area contributed by atoms with Gasteiger partial charge in [-0.3, -0.25) is 4.79 Å². The number of nitrogens with one attached hydrogen (secondary N) is 1. The molecule has 5 heteroatoms. The van der Waals surface area contributed by atoms with Gasteiger partial charge in [0.1, 0.15) is 0 Å². The molecular formula is C12H17FN2O2. The molecule has 0 heterocycles. The van der Waals surface area contributed by atoms with Crippen LogP contribution >= 0.6 is 0 Å². The van der Waals surface area contributed by atoms with Crippen molar-refractivity contribution in [2.75, 3.05) is 5.32 Å². The third-order valence-electron chi connectivity index (χ3n) is 2.28. The van der Waals surface area contributed by atoms with Gasteiger partial charge in [0, 0.05) is 11.8 Å². The SMILES string of the molecule is CC(C)C[C@@H](N)C(=O)Nc1ccc(O)c(F)c1. The van der Waals surface area contributed by atoms with Crippen LogP contribution in [-0.2, 0) is 4.79 Å². The molecule has 1 amide bonds. The van der Waals surface area contributed by atoms with Gasteiger partial charge >= 0.3 is 0 Å². The number of benzene rings is 1. The maximum absolute atomic E-state index is 13.0. The van der Waals surface area contributed by atoms with Crippen molar-refractivity contribution in [1.82, 2.24) is 0 Å². The van der Waals surface area contributed by atoms with E-state index < -0.39 is 17.6 Å². The van der Waals surface area contributed by atoms with Crippen molar-refractivity contribution in [3.8, 4) is 5.75 Å². The molecule has 1 aromatic rings. The Labute approximate surface area is 99.6 Å². The standard InChI is InChI=1S/C12H17FN2O2/c1-7(2)5-10(14)12(17)15-8-3-4-11(16)9(13)6-8/h3-4,6-7,10,16H,5,14H2,1-2H3,(H,15,17)/t10-/m1/s1. The van der Waals surface area contributed by atoms with Crippen LogP contribution in [0.15, 0.2) is 18.2 Å². The van der Waals surface area contributed by atoms with Gasteiger partial charge in [-0.25, -0.2) is 4.39 Å². The van der Waals surface area contributed by atoms with Gasteiger partial charge in [0.2, 0.25) is 5.91 Å². The summed E-state index contributed by atoms with van der Waals surface area (Å²) in [5.41, 5.74) is 5.96. The largest absolute Gasteiger partial charge is 0.505 e. The van der Waals surface area contributed by atoms with E-state index in [4.69, 9.17) is 10.8 Å². The predicted molar refractivity (Wildman–Crippen MR) is 64.1 cm³/mol. The number of phenolic OH excluding ortho intramolecular Hbond substituents is 1. The highest BCUT2D eigenvalue weighted by Gasteiger charge is 2.15. The van der Waals surface area contributed by atoms with E-state index in [0.717, 1.165) is 6.07 Å². The topological polar surface area (TPSA) is 75.4 Å². The predicted octanol–water partition coefficient (Wildman–Crippen LogP) is 1.84. The summed E-state index contributed by atoms with van der Waals surface area (Å²) in [6, 6.07) is 3.03. The molecule has 1 rings (SSSR count). The minimum Gasteiger partial charge on any atom is -0.505 e. The quantitative estimate of drug-likeness (QED) is 0.703. The molecule has 4 N–H and O–H groups in total. The fourth-order valence-corrected chi connectivity index (χ4v) is 1.43. The van der Waals surface area contributed by atoms with Gasteiger partial charge in [0.15, 0.2) is 11.6 Å². The van der Waals surface area contributed by atoms with E-state index in [-0.39, 0.29) is 11.6 Å². The lowest BCUT2D eigenvalue weighted by Crippen LogP contribution is -2.36. The first kappa shape index (κ1) is 13.4. The van der Waals surface area contributed by atoms with E-state index in [0.29, 0.717) is 12.3 Å². The van der Waals surface area contributed by atoms with Crippen LogP contribution in [-0.4, -0.2) is 17.1 Å². The number of amides is 1. The molecule has 0 spiro atoms. The van der Waals surface area contributed by atoms with Gasteiger partial charge in [-0.2, -0.15) is 0 Å². The fraction of sp³-hybridized carbons (Fsp3) is 0.417. The van der Waals surface area contributed by atoms with Crippen LogP contribution in [0.1, 0.15) is 20.3 Å². The number of halogens is 1. The van der Waals surface area contributed by atoms with Gasteiger partial charge in [-0.05, 0) is 24.5 Å². The molecule has 17 heavy (non-hydrogen) atoms. The summed E-state index contributed by atoms with van der Waals surface area (Å²) in [5, 5.41) is 11.5.